The first-order valence-corrected chi connectivity index (χ1v) is 7.80. The standard InChI is InChI=1S/C15H18Cl2N2O2/c16-12-5-3-11(13(17)9-12)4-6-14(20)18-10-15(21)19-7-1-2-8-19/h3,5,9H,1-2,4,6-8,10H2,(H,18,20). The molecule has 21 heavy (non-hydrogen) atoms. The Morgan fingerprint density at radius 3 is 2.57 bits per heavy atom. The van der Waals surface area contributed by atoms with Gasteiger partial charge in [0.05, 0.1) is 6.54 Å². The van der Waals surface area contributed by atoms with E-state index in [9.17, 15) is 9.59 Å². The SMILES string of the molecule is O=C(CCc1ccc(Cl)cc1Cl)NCC(=O)N1CCCC1. The lowest BCUT2D eigenvalue weighted by Crippen LogP contribution is -2.38. The number of hydrogen-bond donors (Lipinski definition) is 1. The molecule has 0 aromatic heterocycles. The minimum Gasteiger partial charge on any atom is -0.347 e. The summed E-state index contributed by atoms with van der Waals surface area (Å²) in [5, 5.41) is 3.79. The molecule has 1 N–H and O–H groups in total. The van der Waals surface area contributed by atoms with Crippen LogP contribution >= 0.6 is 23.2 Å². The molecule has 0 bridgehead atoms. The lowest BCUT2D eigenvalue weighted by molar-refractivity contribution is -0.132. The minimum absolute atomic E-state index is 0.00891. The van der Waals surface area contributed by atoms with Gasteiger partial charge in [-0.2, -0.15) is 0 Å². The summed E-state index contributed by atoms with van der Waals surface area (Å²) in [6, 6.07) is 5.22. The second-order valence-electron chi connectivity index (χ2n) is 5.10. The van der Waals surface area contributed by atoms with Crippen molar-refractivity contribution in [1.82, 2.24) is 10.2 Å². The number of aryl methyl sites for hydroxylation is 1. The van der Waals surface area contributed by atoms with Crippen LogP contribution in [0, 0.1) is 0 Å². The summed E-state index contributed by atoms with van der Waals surface area (Å²) >= 11 is 11.9. The molecule has 6 heteroatoms. The number of rotatable bonds is 5. The van der Waals surface area contributed by atoms with Crippen LogP contribution in [-0.4, -0.2) is 36.3 Å². The summed E-state index contributed by atoms with van der Waals surface area (Å²) in [6.07, 6.45) is 2.93. The summed E-state index contributed by atoms with van der Waals surface area (Å²) in [4.78, 5) is 25.3. The average molecular weight is 329 g/mol. The molecule has 1 aromatic rings. The van der Waals surface area contributed by atoms with E-state index >= 15 is 0 Å². The molecule has 1 fully saturated rings. The van der Waals surface area contributed by atoms with Crippen LogP contribution in [0.3, 0.4) is 0 Å². The van der Waals surface area contributed by atoms with E-state index in [0.29, 0.717) is 22.9 Å². The maximum atomic E-state index is 11.8. The van der Waals surface area contributed by atoms with Crippen molar-refractivity contribution in [1.29, 1.82) is 0 Å². The highest BCUT2D eigenvalue weighted by atomic mass is 35.5. The number of amides is 2. The average Bonchev–Trinajstić information content (AvgIpc) is 2.98. The first kappa shape index (κ1) is 16.1. The number of nitrogens with zero attached hydrogens (tertiary/aromatic N) is 1. The fraction of sp³-hybridized carbons (Fsp3) is 0.467. The third-order valence-electron chi connectivity index (χ3n) is 3.53. The Morgan fingerprint density at radius 2 is 1.90 bits per heavy atom. The minimum atomic E-state index is -0.145. The summed E-state index contributed by atoms with van der Waals surface area (Å²) in [5.41, 5.74) is 0.877. The predicted molar refractivity (Wildman–Crippen MR) is 83.6 cm³/mol. The van der Waals surface area contributed by atoms with Gasteiger partial charge in [0.1, 0.15) is 0 Å². The molecule has 0 aliphatic carbocycles. The summed E-state index contributed by atoms with van der Waals surface area (Å²) in [5.74, 6) is -0.154. The van der Waals surface area contributed by atoms with Crippen molar-refractivity contribution in [3.63, 3.8) is 0 Å². The van der Waals surface area contributed by atoms with Gasteiger partial charge in [0.15, 0.2) is 0 Å². The molecule has 1 aliphatic heterocycles. The number of carbonyl (C=O) groups excluding carboxylic acids is 2. The van der Waals surface area contributed by atoms with E-state index in [1.54, 1.807) is 17.0 Å². The number of carbonyl (C=O) groups is 2. The van der Waals surface area contributed by atoms with Gasteiger partial charge in [0, 0.05) is 29.6 Å². The molecule has 1 heterocycles. The predicted octanol–water partition coefficient (Wildman–Crippen LogP) is 2.66. The fourth-order valence-electron chi connectivity index (χ4n) is 2.31. The van der Waals surface area contributed by atoms with Crippen LogP contribution in [0.4, 0.5) is 0 Å². The molecule has 1 aromatic carbocycles. The molecule has 2 amide bonds. The van der Waals surface area contributed by atoms with Crippen molar-refractivity contribution in [2.45, 2.75) is 25.7 Å². The first-order chi connectivity index (χ1) is 10.1. The zero-order valence-corrected chi connectivity index (χ0v) is 13.2. The molecule has 2 rings (SSSR count). The van der Waals surface area contributed by atoms with Gasteiger partial charge in [-0.1, -0.05) is 29.3 Å². The molecule has 0 unspecified atom stereocenters. The Hall–Kier alpha value is -1.26. The lowest BCUT2D eigenvalue weighted by atomic mass is 10.1. The molecule has 1 aliphatic rings. The second-order valence-corrected chi connectivity index (χ2v) is 5.94. The third kappa shape index (κ3) is 4.90. The zero-order chi connectivity index (χ0) is 15.2. The van der Waals surface area contributed by atoms with Crippen molar-refractivity contribution in [3.8, 4) is 0 Å². The Morgan fingerprint density at radius 1 is 1.19 bits per heavy atom. The van der Waals surface area contributed by atoms with Gasteiger partial charge < -0.3 is 10.2 Å². The maximum Gasteiger partial charge on any atom is 0.241 e. The largest absolute Gasteiger partial charge is 0.347 e. The lowest BCUT2D eigenvalue weighted by Gasteiger charge is -2.15. The van der Waals surface area contributed by atoms with Gasteiger partial charge in [-0.15, -0.1) is 0 Å². The molecular weight excluding hydrogens is 311 g/mol. The topological polar surface area (TPSA) is 49.4 Å². The Kier molecular flexibility index (Phi) is 5.88. The van der Waals surface area contributed by atoms with Crippen molar-refractivity contribution >= 4 is 35.0 Å². The van der Waals surface area contributed by atoms with Crippen molar-refractivity contribution < 1.29 is 9.59 Å². The number of nitrogens with one attached hydrogen (secondary N) is 1. The van der Waals surface area contributed by atoms with E-state index in [1.807, 2.05) is 6.07 Å². The van der Waals surface area contributed by atoms with E-state index in [-0.39, 0.29) is 18.4 Å². The van der Waals surface area contributed by atoms with Crippen LogP contribution in [0.5, 0.6) is 0 Å². The Balaban J connectivity index is 1.73. The highest BCUT2D eigenvalue weighted by molar-refractivity contribution is 6.35. The van der Waals surface area contributed by atoms with Gasteiger partial charge in [-0.05, 0) is 37.0 Å². The van der Waals surface area contributed by atoms with Crippen LogP contribution < -0.4 is 5.32 Å². The van der Waals surface area contributed by atoms with Crippen molar-refractivity contribution in [3.05, 3.63) is 33.8 Å². The van der Waals surface area contributed by atoms with Crippen LogP contribution in [0.25, 0.3) is 0 Å². The van der Waals surface area contributed by atoms with Gasteiger partial charge in [0.25, 0.3) is 0 Å². The van der Waals surface area contributed by atoms with Crippen molar-refractivity contribution in [2.75, 3.05) is 19.6 Å². The molecule has 0 saturated carbocycles. The Bertz CT molecular complexity index is 528. The quantitative estimate of drug-likeness (QED) is 0.903. The van der Waals surface area contributed by atoms with Crippen LogP contribution in [0.1, 0.15) is 24.8 Å². The van der Waals surface area contributed by atoms with E-state index in [0.717, 1.165) is 31.5 Å². The Labute approximate surface area is 134 Å². The first-order valence-electron chi connectivity index (χ1n) is 7.04. The molecule has 0 spiro atoms. The number of halogens is 2. The summed E-state index contributed by atoms with van der Waals surface area (Å²) in [6.45, 7) is 1.68. The number of likely N-dealkylation sites (tertiary alicyclic amines) is 1. The highest BCUT2D eigenvalue weighted by Crippen LogP contribution is 2.21. The summed E-state index contributed by atoms with van der Waals surface area (Å²) < 4.78 is 0. The van der Waals surface area contributed by atoms with Gasteiger partial charge >= 0.3 is 0 Å². The van der Waals surface area contributed by atoms with E-state index in [2.05, 4.69) is 5.32 Å². The third-order valence-corrected chi connectivity index (χ3v) is 4.12. The summed E-state index contributed by atoms with van der Waals surface area (Å²) in [7, 11) is 0. The van der Waals surface area contributed by atoms with E-state index in [1.165, 1.54) is 0 Å². The van der Waals surface area contributed by atoms with Gasteiger partial charge in [-0.25, -0.2) is 0 Å². The van der Waals surface area contributed by atoms with E-state index < -0.39 is 0 Å². The number of benzene rings is 1. The smallest absolute Gasteiger partial charge is 0.241 e. The second kappa shape index (κ2) is 7.66. The fourth-order valence-corrected chi connectivity index (χ4v) is 2.82. The van der Waals surface area contributed by atoms with Gasteiger partial charge in [-0.3, -0.25) is 9.59 Å². The highest BCUT2D eigenvalue weighted by Gasteiger charge is 2.18. The molecule has 0 atom stereocenters. The van der Waals surface area contributed by atoms with Crippen LogP contribution in [0.15, 0.2) is 18.2 Å². The molecule has 114 valence electrons. The molecule has 4 nitrogen and oxygen atoms in total. The maximum absolute atomic E-state index is 11.8. The number of hydrogen-bond acceptors (Lipinski definition) is 2. The van der Waals surface area contributed by atoms with Gasteiger partial charge in [0.2, 0.25) is 11.8 Å². The molecule has 0 radical (unpaired) electrons. The van der Waals surface area contributed by atoms with Crippen LogP contribution in [-0.2, 0) is 16.0 Å². The zero-order valence-electron chi connectivity index (χ0n) is 11.7. The van der Waals surface area contributed by atoms with Crippen LogP contribution in [0.2, 0.25) is 10.0 Å². The molecule has 1 saturated heterocycles. The normalized spacial score (nSPS) is 14.3. The molecular formula is C15H18Cl2N2O2. The van der Waals surface area contributed by atoms with E-state index in [4.69, 9.17) is 23.2 Å². The van der Waals surface area contributed by atoms with Crippen molar-refractivity contribution in [2.24, 2.45) is 0 Å². The monoisotopic (exact) mass is 328 g/mol.